The largest absolute Gasteiger partial charge is 0.479 e. The predicted molar refractivity (Wildman–Crippen MR) is 50.9 cm³/mol. The van der Waals surface area contributed by atoms with Crippen molar-refractivity contribution in [2.45, 2.75) is 12.2 Å². The number of amides is 1. The predicted octanol–water partition coefficient (Wildman–Crippen LogP) is 1.91. The summed E-state index contributed by atoms with van der Waals surface area (Å²) in [5, 5.41) is 9.70. The maximum absolute atomic E-state index is 12.9. The average Bonchev–Trinajstić information content (AvgIpc) is 2.30. The summed E-state index contributed by atoms with van der Waals surface area (Å²) in [5.41, 5.74) is -0.883. The van der Waals surface area contributed by atoms with Gasteiger partial charge in [0.2, 0.25) is 0 Å². The van der Waals surface area contributed by atoms with Crippen molar-refractivity contribution in [3.8, 4) is 0 Å². The molecule has 0 heterocycles. The number of aliphatic carboxylic acids is 1. The highest BCUT2D eigenvalue weighted by Gasteiger charge is 2.41. The van der Waals surface area contributed by atoms with E-state index in [9.17, 15) is 35.9 Å². The van der Waals surface area contributed by atoms with E-state index in [-0.39, 0.29) is 12.1 Å². The van der Waals surface area contributed by atoms with Crippen LogP contribution in [0.2, 0.25) is 0 Å². The molecule has 0 saturated carbocycles. The average molecular weight is 301 g/mol. The van der Waals surface area contributed by atoms with Crippen LogP contribution in [0.3, 0.4) is 0 Å². The van der Waals surface area contributed by atoms with Gasteiger partial charge >= 0.3 is 18.1 Å². The molecule has 0 aromatic heterocycles. The van der Waals surface area contributed by atoms with Crippen molar-refractivity contribution in [3.63, 3.8) is 0 Å². The number of halogens is 6. The highest BCUT2D eigenvalue weighted by molar-refractivity contribution is 5.87. The summed E-state index contributed by atoms with van der Waals surface area (Å²) < 4.78 is 74.4. The van der Waals surface area contributed by atoms with Gasteiger partial charge in [-0.2, -0.15) is 13.2 Å². The van der Waals surface area contributed by atoms with Gasteiger partial charge in [0.1, 0.15) is 0 Å². The van der Waals surface area contributed by atoms with E-state index in [4.69, 9.17) is 5.11 Å². The second kappa shape index (κ2) is 5.39. The molecule has 0 spiro atoms. The highest BCUT2D eigenvalue weighted by Crippen LogP contribution is 2.22. The zero-order chi connectivity index (χ0) is 15.7. The Labute approximate surface area is 107 Å². The molecule has 4 nitrogen and oxygen atoms in total. The van der Waals surface area contributed by atoms with Crippen molar-refractivity contribution >= 4 is 11.9 Å². The standard InChI is InChI=1S/C10H5F6NO3/c11-4-1-3(2-5(12)6(4)13)7(8(18)19)17-9(20)10(14,15)16/h1-2,7H,(H,17,20)(H,18,19). The molecule has 2 N–H and O–H groups in total. The minimum absolute atomic E-state index is 0.174. The van der Waals surface area contributed by atoms with Gasteiger partial charge in [0.15, 0.2) is 23.5 Å². The van der Waals surface area contributed by atoms with Crippen LogP contribution < -0.4 is 5.32 Å². The molecule has 0 radical (unpaired) electrons. The van der Waals surface area contributed by atoms with Crippen LogP contribution in [0.25, 0.3) is 0 Å². The molecule has 0 fully saturated rings. The van der Waals surface area contributed by atoms with E-state index >= 15 is 0 Å². The zero-order valence-corrected chi connectivity index (χ0v) is 9.26. The van der Waals surface area contributed by atoms with Gasteiger partial charge in [-0.15, -0.1) is 0 Å². The van der Waals surface area contributed by atoms with Gasteiger partial charge in [-0.3, -0.25) is 4.79 Å². The van der Waals surface area contributed by atoms with Crippen LogP contribution in [0.5, 0.6) is 0 Å². The molecule has 0 bridgehead atoms. The van der Waals surface area contributed by atoms with E-state index < -0.39 is 47.1 Å². The first kappa shape index (κ1) is 15.8. The third kappa shape index (κ3) is 3.39. The Morgan fingerprint density at radius 1 is 1.10 bits per heavy atom. The van der Waals surface area contributed by atoms with Crippen LogP contribution in [-0.4, -0.2) is 23.2 Å². The van der Waals surface area contributed by atoms with Crippen LogP contribution in [0.4, 0.5) is 26.3 Å². The maximum atomic E-state index is 12.9. The Morgan fingerprint density at radius 2 is 1.55 bits per heavy atom. The van der Waals surface area contributed by atoms with Gasteiger partial charge < -0.3 is 10.4 Å². The SMILES string of the molecule is O=C(O)C(NC(=O)C(F)(F)F)c1cc(F)c(F)c(F)c1. The lowest BCUT2D eigenvalue weighted by Crippen LogP contribution is -2.42. The minimum Gasteiger partial charge on any atom is -0.479 e. The molecule has 0 aliphatic carbocycles. The Bertz CT molecular complexity index is 533. The maximum Gasteiger partial charge on any atom is 0.471 e. The summed E-state index contributed by atoms with van der Waals surface area (Å²) in [5.74, 6) is -10.1. The van der Waals surface area contributed by atoms with E-state index in [2.05, 4.69) is 0 Å². The van der Waals surface area contributed by atoms with Crippen LogP contribution in [-0.2, 0) is 9.59 Å². The van der Waals surface area contributed by atoms with Gasteiger partial charge in [0.25, 0.3) is 0 Å². The van der Waals surface area contributed by atoms with Crippen molar-refractivity contribution in [2.24, 2.45) is 0 Å². The molecule has 0 aliphatic rings. The fourth-order valence-electron chi connectivity index (χ4n) is 1.24. The first-order chi connectivity index (χ1) is 9.04. The summed E-state index contributed by atoms with van der Waals surface area (Å²) in [6, 6.07) is -2.03. The van der Waals surface area contributed by atoms with Gasteiger partial charge in [-0.1, -0.05) is 0 Å². The van der Waals surface area contributed by atoms with Crippen molar-refractivity contribution in [3.05, 3.63) is 35.1 Å². The van der Waals surface area contributed by atoms with Crippen molar-refractivity contribution in [1.29, 1.82) is 0 Å². The van der Waals surface area contributed by atoms with Crippen molar-refractivity contribution < 1.29 is 41.0 Å². The van der Waals surface area contributed by atoms with Gasteiger partial charge in [0, 0.05) is 0 Å². The Hall–Kier alpha value is -2.26. The Balaban J connectivity index is 3.16. The van der Waals surface area contributed by atoms with Gasteiger partial charge in [0.05, 0.1) is 0 Å². The molecule has 10 heteroatoms. The third-order valence-corrected chi connectivity index (χ3v) is 2.12. The van der Waals surface area contributed by atoms with Crippen LogP contribution in [0.15, 0.2) is 12.1 Å². The summed E-state index contributed by atoms with van der Waals surface area (Å²) in [6.45, 7) is 0. The summed E-state index contributed by atoms with van der Waals surface area (Å²) in [4.78, 5) is 21.4. The fourth-order valence-corrected chi connectivity index (χ4v) is 1.24. The number of rotatable bonds is 3. The first-order valence-electron chi connectivity index (χ1n) is 4.79. The molecular formula is C10H5F6NO3. The molecule has 1 atom stereocenters. The molecule has 1 unspecified atom stereocenters. The lowest BCUT2D eigenvalue weighted by molar-refractivity contribution is -0.175. The number of carbonyl (C=O) groups excluding carboxylic acids is 1. The number of carboxylic acids is 1. The van der Waals surface area contributed by atoms with Crippen molar-refractivity contribution in [2.75, 3.05) is 0 Å². The molecular weight excluding hydrogens is 296 g/mol. The lowest BCUT2D eigenvalue weighted by Gasteiger charge is -2.16. The smallest absolute Gasteiger partial charge is 0.471 e. The Kier molecular flexibility index (Phi) is 4.26. The molecule has 20 heavy (non-hydrogen) atoms. The fraction of sp³-hybridized carbons (Fsp3) is 0.200. The van der Waals surface area contributed by atoms with Crippen molar-refractivity contribution in [1.82, 2.24) is 5.32 Å². The first-order valence-corrected chi connectivity index (χ1v) is 4.79. The number of hydrogen-bond donors (Lipinski definition) is 2. The summed E-state index contributed by atoms with van der Waals surface area (Å²) in [6.07, 6.45) is -5.38. The summed E-state index contributed by atoms with van der Waals surface area (Å²) >= 11 is 0. The number of benzene rings is 1. The molecule has 1 aromatic carbocycles. The topological polar surface area (TPSA) is 66.4 Å². The molecule has 1 aromatic rings. The molecule has 0 aliphatic heterocycles. The number of carboxylic acid groups (broad SMARTS) is 1. The third-order valence-electron chi connectivity index (χ3n) is 2.12. The second-order valence-electron chi connectivity index (χ2n) is 3.54. The quantitative estimate of drug-likeness (QED) is 0.662. The van der Waals surface area contributed by atoms with Crippen LogP contribution >= 0.6 is 0 Å². The van der Waals surface area contributed by atoms with E-state index in [1.54, 1.807) is 0 Å². The number of carbonyl (C=O) groups is 2. The van der Waals surface area contributed by atoms with E-state index in [1.165, 1.54) is 0 Å². The minimum atomic E-state index is -5.38. The van der Waals surface area contributed by atoms with E-state index in [1.807, 2.05) is 0 Å². The summed E-state index contributed by atoms with van der Waals surface area (Å²) in [7, 11) is 0. The monoisotopic (exact) mass is 301 g/mol. The molecule has 0 saturated heterocycles. The molecule has 110 valence electrons. The van der Waals surface area contributed by atoms with E-state index in [0.717, 1.165) is 5.32 Å². The van der Waals surface area contributed by atoms with Crippen LogP contribution in [0, 0.1) is 17.5 Å². The lowest BCUT2D eigenvalue weighted by atomic mass is 10.1. The van der Waals surface area contributed by atoms with Gasteiger partial charge in [-0.25, -0.2) is 18.0 Å². The Morgan fingerprint density at radius 3 is 1.90 bits per heavy atom. The number of hydrogen-bond acceptors (Lipinski definition) is 2. The normalized spacial score (nSPS) is 12.9. The molecule has 1 rings (SSSR count). The number of nitrogens with one attached hydrogen (secondary N) is 1. The van der Waals surface area contributed by atoms with Crippen LogP contribution in [0.1, 0.15) is 11.6 Å². The number of alkyl halides is 3. The van der Waals surface area contributed by atoms with Gasteiger partial charge in [-0.05, 0) is 17.7 Å². The molecule has 1 amide bonds. The second-order valence-corrected chi connectivity index (χ2v) is 3.54. The highest BCUT2D eigenvalue weighted by atomic mass is 19.4. The zero-order valence-electron chi connectivity index (χ0n) is 9.26. The van der Waals surface area contributed by atoms with E-state index in [0.29, 0.717) is 0 Å².